The molecule has 3 nitrogen and oxygen atoms in total. The maximum atomic E-state index is 5.84. The zero-order chi connectivity index (χ0) is 14.4. The number of nitrogens with one attached hydrogen (secondary N) is 1. The second-order valence-corrected chi connectivity index (χ2v) is 5.04. The van der Waals surface area contributed by atoms with Gasteiger partial charge in [-0.1, -0.05) is 30.7 Å². The number of aromatic nitrogens is 1. The molecule has 0 aliphatic heterocycles. The van der Waals surface area contributed by atoms with Crippen LogP contribution in [0.15, 0.2) is 36.5 Å². The molecule has 3 heteroatoms. The molecule has 1 N–H and O–H groups in total. The average molecular weight is 270 g/mol. The molecule has 0 saturated heterocycles. The summed E-state index contributed by atoms with van der Waals surface area (Å²) in [5, 5.41) is 3.26. The summed E-state index contributed by atoms with van der Waals surface area (Å²) in [7, 11) is 0. The Morgan fingerprint density at radius 3 is 2.65 bits per heavy atom. The van der Waals surface area contributed by atoms with Crippen molar-refractivity contribution in [3.63, 3.8) is 0 Å². The van der Waals surface area contributed by atoms with Crippen LogP contribution in [0.5, 0.6) is 5.75 Å². The minimum Gasteiger partial charge on any atom is -0.489 e. The highest BCUT2D eigenvalue weighted by Gasteiger charge is 2.01. The smallest absolute Gasteiger partial charge is 0.125 e. The number of hydrogen-bond acceptors (Lipinski definition) is 3. The number of rotatable bonds is 6. The molecule has 0 spiro atoms. The van der Waals surface area contributed by atoms with E-state index in [1.54, 1.807) is 0 Å². The quantitative estimate of drug-likeness (QED) is 0.858. The van der Waals surface area contributed by atoms with Gasteiger partial charge in [0.1, 0.15) is 18.2 Å². The highest BCUT2D eigenvalue weighted by atomic mass is 16.5. The molecule has 2 aromatic rings. The lowest BCUT2D eigenvalue weighted by Gasteiger charge is -2.10. The van der Waals surface area contributed by atoms with Crippen molar-refractivity contribution in [2.45, 2.75) is 33.8 Å². The number of aryl methyl sites for hydroxylation is 2. The number of ether oxygens (including phenoxy) is 1. The van der Waals surface area contributed by atoms with Gasteiger partial charge in [-0.05, 0) is 38.0 Å². The Balaban J connectivity index is 1.93. The summed E-state index contributed by atoms with van der Waals surface area (Å²) in [5.41, 5.74) is 3.49. The minimum atomic E-state index is 0.547. The first-order chi connectivity index (χ1) is 9.69. The summed E-state index contributed by atoms with van der Waals surface area (Å²) in [6, 6.07) is 10.3. The maximum Gasteiger partial charge on any atom is 0.125 e. The van der Waals surface area contributed by atoms with E-state index < -0.39 is 0 Å². The van der Waals surface area contributed by atoms with E-state index in [1.807, 2.05) is 18.3 Å². The Bertz CT molecular complexity index is 549. The topological polar surface area (TPSA) is 34.1 Å². The highest BCUT2D eigenvalue weighted by Crippen LogP contribution is 2.20. The first kappa shape index (κ1) is 14.4. The third-order valence-corrected chi connectivity index (χ3v) is 3.11. The highest BCUT2D eigenvalue weighted by molar-refractivity contribution is 5.37. The molecule has 0 fully saturated rings. The Kier molecular flexibility index (Phi) is 4.99. The van der Waals surface area contributed by atoms with Crippen LogP contribution in [0.4, 0.5) is 5.82 Å². The van der Waals surface area contributed by atoms with E-state index in [0.717, 1.165) is 30.1 Å². The Labute approximate surface area is 121 Å². The molecular formula is C17H22N2O. The molecule has 2 rings (SSSR count). The third kappa shape index (κ3) is 3.98. The predicted molar refractivity (Wildman–Crippen MR) is 83.3 cm³/mol. The van der Waals surface area contributed by atoms with Crippen LogP contribution >= 0.6 is 0 Å². The fourth-order valence-electron chi connectivity index (χ4n) is 1.99. The van der Waals surface area contributed by atoms with Gasteiger partial charge in [0.2, 0.25) is 0 Å². The molecule has 0 aliphatic carbocycles. The van der Waals surface area contributed by atoms with Gasteiger partial charge in [-0.15, -0.1) is 0 Å². The Morgan fingerprint density at radius 1 is 1.15 bits per heavy atom. The molecule has 20 heavy (non-hydrogen) atoms. The van der Waals surface area contributed by atoms with Crippen molar-refractivity contribution in [1.82, 2.24) is 4.98 Å². The van der Waals surface area contributed by atoms with Crippen LogP contribution in [0.2, 0.25) is 0 Å². The van der Waals surface area contributed by atoms with Gasteiger partial charge in [-0.2, -0.15) is 0 Å². The SMILES string of the molecule is CCCNc1ccc(COc2ccc(C)cc2C)cn1. The second-order valence-electron chi connectivity index (χ2n) is 5.04. The first-order valence-corrected chi connectivity index (χ1v) is 7.08. The normalized spacial score (nSPS) is 10.3. The molecule has 0 aliphatic rings. The molecular weight excluding hydrogens is 248 g/mol. The van der Waals surface area contributed by atoms with Gasteiger partial charge < -0.3 is 10.1 Å². The summed E-state index contributed by atoms with van der Waals surface area (Å²) in [4.78, 5) is 4.37. The molecule has 0 bridgehead atoms. The van der Waals surface area contributed by atoms with Crippen LogP contribution in [0.25, 0.3) is 0 Å². The lowest BCUT2D eigenvalue weighted by atomic mass is 10.1. The van der Waals surface area contributed by atoms with Crippen LogP contribution in [0.1, 0.15) is 30.0 Å². The van der Waals surface area contributed by atoms with E-state index in [2.05, 4.69) is 49.3 Å². The lowest BCUT2D eigenvalue weighted by Crippen LogP contribution is -2.03. The maximum absolute atomic E-state index is 5.84. The van der Waals surface area contributed by atoms with Crippen LogP contribution in [-0.4, -0.2) is 11.5 Å². The molecule has 0 unspecified atom stereocenters. The Morgan fingerprint density at radius 2 is 2.00 bits per heavy atom. The monoisotopic (exact) mass is 270 g/mol. The van der Waals surface area contributed by atoms with Crippen molar-refractivity contribution < 1.29 is 4.74 Å². The van der Waals surface area contributed by atoms with Crippen molar-refractivity contribution >= 4 is 5.82 Å². The average Bonchev–Trinajstić information content (AvgIpc) is 2.45. The van der Waals surface area contributed by atoms with E-state index in [9.17, 15) is 0 Å². The first-order valence-electron chi connectivity index (χ1n) is 7.08. The van der Waals surface area contributed by atoms with Gasteiger partial charge in [0.05, 0.1) is 0 Å². The number of nitrogens with zero attached hydrogens (tertiary/aromatic N) is 1. The molecule has 0 radical (unpaired) electrons. The van der Waals surface area contributed by atoms with Crippen molar-refractivity contribution in [3.8, 4) is 5.75 Å². The van der Waals surface area contributed by atoms with Gasteiger partial charge in [-0.3, -0.25) is 0 Å². The van der Waals surface area contributed by atoms with Gasteiger partial charge in [-0.25, -0.2) is 4.98 Å². The summed E-state index contributed by atoms with van der Waals surface area (Å²) in [6.45, 7) is 7.79. The summed E-state index contributed by atoms with van der Waals surface area (Å²) in [6.07, 6.45) is 2.96. The van der Waals surface area contributed by atoms with E-state index in [0.29, 0.717) is 6.61 Å². The second kappa shape index (κ2) is 6.94. The van der Waals surface area contributed by atoms with Gasteiger partial charge in [0, 0.05) is 18.3 Å². The Hall–Kier alpha value is -2.03. The summed E-state index contributed by atoms with van der Waals surface area (Å²) >= 11 is 0. The van der Waals surface area contributed by atoms with Gasteiger partial charge >= 0.3 is 0 Å². The zero-order valence-corrected chi connectivity index (χ0v) is 12.4. The van der Waals surface area contributed by atoms with Gasteiger partial charge in [0.25, 0.3) is 0 Å². The number of benzene rings is 1. The fraction of sp³-hybridized carbons (Fsp3) is 0.353. The van der Waals surface area contributed by atoms with E-state index in [1.165, 1.54) is 11.1 Å². The molecule has 0 saturated carbocycles. The van der Waals surface area contributed by atoms with Crippen LogP contribution in [-0.2, 0) is 6.61 Å². The molecule has 1 aromatic carbocycles. The van der Waals surface area contributed by atoms with Crippen LogP contribution in [0, 0.1) is 13.8 Å². The lowest BCUT2D eigenvalue weighted by molar-refractivity contribution is 0.303. The van der Waals surface area contributed by atoms with E-state index >= 15 is 0 Å². The molecule has 0 atom stereocenters. The number of hydrogen-bond donors (Lipinski definition) is 1. The number of pyridine rings is 1. The molecule has 1 aromatic heterocycles. The van der Waals surface area contributed by atoms with Crippen molar-refractivity contribution in [2.75, 3.05) is 11.9 Å². The van der Waals surface area contributed by atoms with Crippen molar-refractivity contribution in [2.24, 2.45) is 0 Å². The number of anilines is 1. The fourth-order valence-corrected chi connectivity index (χ4v) is 1.99. The minimum absolute atomic E-state index is 0.547. The van der Waals surface area contributed by atoms with E-state index in [4.69, 9.17) is 4.74 Å². The van der Waals surface area contributed by atoms with Crippen LogP contribution < -0.4 is 10.1 Å². The van der Waals surface area contributed by atoms with Crippen molar-refractivity contribution in [3.05, 3.63) is 53.2 Å². The standard InChI is InChI=1S/C17H22N2O/c1-4-9-18-17-8-6-15(11-19-17)12-20-16-7-5-13(2)10-14(16)3/h5-8,10-11H,4,9,12H2,1-3H3,(H,18,19). The largest absolute Gasteiger partial charge is 0.489 e. The van der Waals surface area contributed by atoms with Crippen LogP contribution in [0.3, 0.4) is 0 Å². The van der Waals surface area contributed by atoms with E-state index in [-0.39, 0.29) is 0 Å². The molecule has 106 valence electrons. The predicted octanol–water partition coefficient (Wildman–Crippen LogP) is 4.10. The third-order valence-electron chi connectivity index (χ3n) is 3.11. The summed E-state index contributed by atoms with van der Waals surface area (Å²) < 4.78 is 5.84. The van der Waals surface area contributed by atoms with Gasteiger partial charge in [0.15, 0.2) is 0 Å². The molecule has 0 amide bonds. The van der Waals surface area contributed by atoms with Crippen molar-refractivity contribution in [1.29, 1.82) is 0 Å². The zero-order valence-electron chi connectivity index (χ0n) is 12.4. The molecule has 1 heterocycles. The summed E-state index contributed by atoms with van der Waals surface area (Å²) in [5.74, 6) is 1.85.